The van der Waals surface area contributed by atoms with Gasteiger partial charge in [-0.15, -0.1) is 11.3 Å². The summed E-state index contributed by atoms with van der Waals surface area (Å²) in [6, 6.07) is 4.55. The molecule has 1 nitrogen and oxygen atoms in total. The fourth-order valence-electron chi connectivity index (χ4n) is 3.23. The van der Waals surface area contributed by atoms with Gasteiger partial charge in [0.15, 0.2) is 0 Å². The van der Waals surface area contributed by atoms with Gasteiger partial charge in [0, 0.05) is 18.0 Å². The third kappa shape index (κ3) is 1.64. The molecule has 0 radical (unpaired) electrons. The first-order valence-electron chi connectivity index (χ1n) is 6.36. The zero-order valence-electron chi connectivity index (χ0n) is 9.69. The molecule has 1 aliphatic carbocycles. The van der Waals surface area contributed by atoms with Gasteiger partial charge < -0.3 is 0 Å². The molecule has 0 aromatic carbocycles. The van der Waals surface area contributed by atoms with Crippen molar-refractivity contribution in [3.63, 3.8) is 0 Å². The zero-order chi connectivity index (χ0) is 10.8. The Hall–Kier alpha value is -0.600. The van der Waals surface area contributed by atoms with Crippen LogP contribution in [0.1, 0.15) is 37.0 Å². The molecule has 1 saturated carbocycles. The maximum atomic E-state index is 2.68. The van der Waals surface area contributed by atoms with Crippen LogP contribution in [-0.4, -0.2) is 18.0 Å². The number of hydrogen-bond donors (Lipinski definition) is 0. The van der Waals surface area contributed by atoms with E-state index in [0.717, 1.165) is 13.1 Å². The van der Waals surface area contributed by atoms with Crippen molar-refractivity contribution in [2.24, 2.45) is 0 Å². The molecule has 3 rings (SSSR count). The minimum atomic E-state index is 0.371. The van der Waals surface area contributed by atoms with E-state index in [2.05, 4.69) is 34.6 Å². The Morgan fingerprint density at radius 2 is 1.81 bits per heavy atom. The van der Waals surface area contributed by atoms with Crippen LogP contribution >= 0.6 is 11.3 Å². The van der Waals surface area contributed by atoms with Gasteiger partial charge in [-0.2, -0.15) is 0 Å². The van der Waals surface area contributed by atoms with Crippen LogP contribution in [0.15, 0.2) is 29.7 Å². The number of hydrogen-bond acceptors (Lipinski definition) is 2. The summed E-state index contributed by atoms with van der Waals surface area (Å²) >= 11 is 1.95. The van der Waals surface area contributed by atoms with E-state index in [4.69, 9.17) is 0 Å². The fourth-order valence-corrected chi connectivity index (χ4v) is 4.24. The first-order chi connectivity index (χ1) is 7.92. The second kappa shape index (κ2) is 4.34. The first-order valence-corrected chi connectivity index (χ1v) is 7.24. The van der Waals surface area contributed by atoms with Gasteiger partial charge in [0.25, 0.3) is 0 Å². The Balaban J connectivity index is 1.93. The highest BCUT2D eigenvalue weighted by Gasteiger charge is 2.40. The van der Waals surface area contributed by atoms with Gasteiger partial charge in [0.1, 0.15) is 0 Å². The lowest BCUT2D eigenvalue weighted by molar-refractivity contribution is 0.0796. The summed E-state index contributed by atoms with van der Waals surface area (Å²) in [7, 11) is 0. The maximum absolute atomic E-state index is 2.68. The smallest absolute Gasteiger partial charge is 0.0559 e. The van der Waals surface area contributed by atoms with Crippen LogP contribution in [0.2, 0.25) is 0 Å². The van der Waals surface area contributed by atoms with E-state index in [1.807, 2.05) is 11.3 Å². The topological polar surface area (TPSA) is 3.24 Å². The van der Waals surface area contributed by atoms with E-state index in [1.54, 1.807) is 4.88 Å². The molecule has 1 aromatic heterocycles. The standard InChI is InChI=1S/C14H19NS/c1-2-8-14(9-3-1,13-7-6-12-16-13)15-10-4-5-11-15/h4-7,12H,1-3,8-11H2. The van der Waals surface area contributed by atoms with Crippen molar-refractivity contribution < 1.29 is 0 Å². The highest BCUT2D eigenvalue weighted by atomic mass is 32.1. The zero-order valence-corrected chi connectivity index (χ0v) is 10.5. The molecule has 0 amide bonds. The number of nitrogens with zero attached hydrogens (tertiary/aromatic N) is 1. The molecule has 1 fully saturated rings. The average molecular weight is 233 g/mol. The summed E-state index contributed by atoms with van der Waals surface area (Å²) in [5, 5.41) is 2.23. The van der Waals surface area contributed by atoms with Crippen molar-refractivity contribution in [1.82, 2.24) is 4.90 Å². The Morgan fingerprint density at radius 1 is 1.06 bits per heavy atom. The molecule has 1 aromatic rings. The summed E-state index contributed by atoms with van der Waals surface area (Å²) in [6.45, 7) is 2.30. The maximum Gasteiger partial charge on any atom is 0.0559 e. The predicted molar refractivity (Wildman–Crippen MR) is 69.8 cm³/mol. The van der Waals surface area contributed by atoms with Crippen molar-refractivity contribution in [1.29, 1.82) is 0 Å². The van der Waals surface area contributed by atoms with Crippen LogP contribution in [0.5, 0.6) is 0 Å². The molecular weight excluding hydrogens is 214 g/mol. The Kier molecular flexibility index (Phi) is 2.86. The molecule has 2 heteroatoms. The predicted octanol–water partition coefficient (Wildman–Crippen LogP) is 3.78. The first kappa shape index (κ1) is 10.5. The van der Waals surface area contributed by atoms with Gasteiger partial charge in [-0.1, -0.05) is 37.5 Å². The molecule has 0 saturated heterocycles. The minimum Gasteiger partial charge on any atom is -0.285 e. The SMILES string of the molecule is C1=CCN(C2(c3cccs3)CCCCC2)C1. The normalized spacial score (nSPS) is 25.0. The highest BCUT2D eigenvalue weighted by Crippen LogP contribution is 2.44. The average Bonchev–Trinajstić information content (AvgIpc) is 3.04. The largest absolute Gasteiger partial charge is 0.285 e. The van der Waals surface area contributed by atoms with Crippen molar-refractivity contribution in [2.45, 2.75) is 37.6 Å². The molecule has 2 aliphatic rings. The van der Waals surface area contributed by atoms with E-state index in [-0.39, 0.29) is 0 Å². The summed E-state index contributed by atoms with van der Waals surface area (Å²) in [5.41, 5.74) is 0.371. The van der Waals surface area contributed by atoms with Crippen molar-refractivity contribution in [2.75, 3.05) is 13.1 Å². The monoisotopic (exact) mass is 233 g/mol. The molecule has 16 heavy (non-hydrogen) atoms. The molecule has 0 N–H and O–H groups in total. The molecule has 0 unspecified atom stereocenters. The van der Waals surface area contributed by atoms with Crippen molar-refractivity contribution >= 4 is 11.3 Å². The van der Waals surface area contributed by atoms with Crippen molar-refractivity contribution in [3.8, 4) is 0 Å². The second-order valence-corrected chi connectivity index (χ2v) is 5.89. The lowest BCUT2D eigenvalue weighted by Crippen LogP contribution is -2.45. The molecule has 2 heterocycles. The van der Waals surface area contributed by atoms with E-state index in [1.165, 1.54) is 32.1 Å². The van der Waals surface area contributed by atoms with E-state index in [0.29, 0.717) is 5.54 Å². The molecular formula is C14H19NS. The summed E-state index contributed by atoms with van der Waals surface area (Å²) in [5.74, 6) is 0. The summed E-state index contributed by atoms with van der Waals surface area (Å²) in [4.78, 5) is 4.27. The van der Waals surface area contributed by atoms with Gasteiger partial charge >= 0.3 is 0 Å². The number of rotatable bonds is 2. The van der Waals surface area contributed by atoms with Crippen LogP contribution in [-0.2, 0) is 5.54 Å². The summed E-state index contributed by atoms with van der Waals surface area (Å²) in [6.07, 6.45) is 11.6. The van der Waals surface area contributed by atoms with Gasteiger partial charge in [-0.25, -0.2) is 0 Å². The van der Waals surface area contributed by atoms with Crippen LogP contribution in [0, 0.1) is 0 Å². The molecule has 0 bridgehead atoms. The van der Waals surface area contributed by atoms with E-state index >= 15 is 0 Å². The molecule has 1 aliphatic heterocycles. The Bertz CT molecular complexity index is 352. The quantitative estimate of drug-likeness (QED) is 0.703. The van der Waals surface area contributed by atoms with Gasteiger partial charge in [-0.05, 0) is 24.3 Å². The second-order valence-electron chi connectivity index (χ2n) is 4.95. The molecule has 0 spiro atoms. The highest BCUT2D eigenvalue weighted by molar-refractivity contribution is 7.10. The van der Waals surface area contributed by atoms with Crippen LogP contribution in [0.3, 0.4) is 0 Å². The summed E-state index contributed by atoms with van der Waals surface area (Å²) < 4.78 is 0. The number of thiophene rings is 1. The van der Waals surface area contributed by atoms with Crippen LogP contribution in [0.4, 0.5) is 0 Å². The fraction of sp³-hybridized carbons (Fsp3) is 0.571. The van der Waals surface area contributed by atoms with Gasteiger partial charge in [0.05, 0.1) is 5.54 Å². The minimum absolute atomic E-state index is 0.371. The van der Waals surface area contributed by atoms with Crippen molar-refractivity contribution in [3.05, 3.63) is 34.5 Å². The van der Waals surface area contributed by atoms with E-state index < -0.39 is 0 Å². The van der Waals surface area contributed by atoms with Crippen LogP contribution < -0.4 is 0 Å². The van der Waals surface area contributed by atoms with Crippen LogP contribution in [0.25, 0.3) is 0 Å². The molecule has 0 atom stereocenters. The van der Waals surface area contributed by atoms with Gasteiger partial charge in [-0.3, -0.25) is 4.90 Å². The Labute approximate surface area is 102 Å². The third-order valence-electron chi connectivity index (χ3n) is 4.08. The Morgan fingerprint density at radius 3 is 2.44 bits per heavy atom. The third-order valence-corrected chi connectivity index (χ3v) is 5.15. The lowest BCUT2D eigenvalue weighted by atomic mass is 9.79. The van der Waals surface area contributed by atoms with E-state index in [9.17, 15) is 0 Å². The van der Waals surface area contributed by atoms with Gasteiger partial charge in [0.2, 0.25) is 0 Å². The lowest BCUT2D eigenvalue weighted by Gasteiger charge is -2.44. The molecule has 86 valence electrons.